The van der Waals surface area contributed by atoms with Gasteiger partial charge in [-0.2, -0.15) is 0 Å². The maximum absolute atomic E-state index is 12.3. The Morgan fingerprint density at radius 1 is 1.14 bits per heavy atom. The van der Waals surface area contributed by atoms with Crippen molar-refractivity contribution in [3.8, 4) is 11.8 Å². The Kier molecular flexibility index (Phi) is 5.57. The molecule has 0 unspecified atom stereocenters. The first-order valence-corrected chi connectivity index (χ1v) is 7.15. The van der Waals surface area contributed by atoms with Crippen LogP contribution in [-0.2, 0) is 0 Å². The topological polar surface area (TPSA) is 49.3 Å². The Labute approximate surface area is 127 Å². The lowest BCUT2D eigenvalue weighted by atomic mass is 9.81. The van der Waals surface area contributed by atoms with Crippen LogP contribution in [0.25, 0.3) is 0 Å². The molecule has 1 aromatic rings. The van der Waals surface area contributed by atoms with Gasteiger partial charge in [-0.05, 0) is 49.9 Å². The largest absolute Gasteiger partial charge is 0.384 e. The monoisotopic (exact) mass is 287 g/mol. The molecule has 0 atom stereocenters. The molecule has 0 radical (unpaired) electrons. The second-order valence-electron chi connectivity index (χ2n) is 7.11. The van der Waals surface area contributed by atoms with Crippen molar-refractivity contribution in [1.29, 1.82) is 0 Å². The summed E-state index contributed by atoms with van der Waals surface area (Å²) >= 11 is 0. The van der Waals surface area contributed by atoms with Gasteiger partial charge in [0.1, 0.15) is 6.61 Å². The van der Waals surface area contributed by atoms with Gasteiger partial charge in [0.15, 0.2) is 0 Å². The molecule has 1 rings (SSSR count). The molecule has 0 aliphatic heterocycles. The van der Waals surface area contributed by atoms with Gasteiger partial charge in [0.05, 0.1) is 0 Å². The fraction of sp³-hybridized carbons (Fsp3) is 0.500. The van der Waals surface area contributed by atoms with Crippen molar-refractivity contribution >= 4 is 5.91 Å². The molecular formula is C18H25NO2. The summed E-state index contributed by atoms with van der Waals surface area (Å²) in [5.41, 5.74) is 1.30. The van der Waals surface area contributed by atoms with Gasteiger partial charge in [0.25, 0.3) is 5.91 Å². The number of nitrogens with one attached hydrogen (secondary N) is 1. The highest BCUT2D eigenvalue weighted by molar-refractivity contribution is 5.94. The molecule has 0 spiro atoms. The number of aliphatic hydroxyl groups excluding tert-OH is 1. The highest BCUT2D eigenvalue weighted by Gasteiger charge is 2.27. The standard InChI is InChI=1S/C18H25NO2/c1-17(2,3)13-18(4,5)19-16(21)15-10-8-14(9-11-15)7-6-12-20/h8-11,20H,12-13H2,1-5H3,(H,19,21). The summed E-state index contributed by atoms with van der Waals surface area (Å²) < 4.78 is 0. The third-order valence-electron chi connectivity index (χ3n) is 2.88. The lowest BCUT2D eigenvalue weighted by Crippen LogP contribution is -2.45. The summed E-state index contributed by atoms with van der Waals surface area (Å²) in [6.07, 6.45) is 0.895. The predicted octanol–water partition coefficient (Wildman–Crippen LogP) is 2.98. The maximum Gasteiger partial charge on any atom is 0.251 e. The van der Waals surface area contributed by atoms with Crippen molar-refractivity contribution in [2.45, 2.75) is 46.6 Å². The molecule has 0 aliphatic rings. The van der Waals surface area contributed by atoms with E-state index in [2.05, 4.69) is 37.9 Å². The molecule has 0 aromatic heterocycles. The van der Waals surface area contributed by atoms with E-state index < -0.39 is 0 Å². The minimum absolute atomic E-state index is 0.0779. The van der Waals surface area contributed by atoms with E-state index in [4.69, 9.17) is 5.11 Å². The first-order chi connectivity index (χ1) is 9.63. The van der Waals surface area contributed by atoms with Gasteiger partial charge in [0.2, 0.25) is 0 Å². The number of hydrogen-bond acceptors (Lipinski definition) is 2. The molecule has 21 heavy (non-hydrogen) atoms. The predicted molar refractivity (Wildman–Crippen MR) is 86.0 cm³/mol. The molecule has 3 nitrogen and oxygen atoms in total. The molecule has 114 valence electrons. The van der Waals surface area contributed by atoms with Crippen molar-refractivity contribution in [2.24, 2.45) is 5.41 Å². The summed E-state index contributed by atoms with van der Waals surface area (Å²) in [4.78, 5) is 12.3. The van der Waals surface area contributed by atoms with Crippen LogP contribution in [0.1, 0.15) is 57.0 Å². The van der Waals surface area contributed by atoms with Crippen molar-refractivity contribution in [1.82, 2.24) is 5.32 Å². The Bertz CT molecular complexity index is 539. The molecule has 1 aromatic carbocycles. The quantitative estimate of drug-likeness (QED) is 0.840. The number of hydrogen-bond donors (Lipinski definition) is 2. The van der Waals surface area contributed by atoms with Gasteiger partial charge < -0.3 is 10.4 Å². The van der Waals surface area contributed by atoms with Crippen LogP contribution in [0.2, 0.25) is 0 Å². The number of amides is 1. The zero-order valence-electron chi connectivity index (χ0n) is 13.6. The normalized spacial score (nSPS) is 11.5. The second-order valence-corrected chi connectivity index (χ2v) is 7.11. The van der Waals surface area contributed by atoms with Crippen LogP contribution in [0.4, 0.5) is 0 Å². The summed E-state index contributed by atoms with van der Waals surface area (Å²) in [7, 11) is 0. The van der Waals surface area contributed by atoms with Gasteiger partial charge in [0, 0.05) is 16.7 Å². The molecule has 0 heterocycles. The van der Waals surface area contributed by atoms with Crippen LogP contribution in [0.5, 0.6) is 0 Å². The molecular weight excluding hydrogens is 262 g/mol. The maximum atomic E-state index is 12.3. The van der Waals surface area contributed by atoms with Crippen LogP contribution in [-0.4, -0.2) is 23.2 Å². The van der Waals surface area contributed by atoms with E-state index in [9.17, 15) is 4.79 Å². The average molecular weight is 287 g/mol. The smallest absolute Gasteiger partial charge is 0.251 e. The SMILES string of the molecule is CC(C)(C)CC(C)(C)NC(=O)c1ccc(C#CCO)cc1. The number of carbonyl (C=O) groups is 1. The zero-order valence-corrected chi connectivity index (χ0v) is 13.6. The Morgan fingerprint density at radius 2 is 1.71 bits per heavy atom. The van der Waals surface area contributed by atoms with Gasteiger partial charge in [-0.3, -0.25) is 4.79 Å². The highest BCUT2D eigenvalue weighted by atomic mass is 16.2. The fourth-order valence-electron chi connectivity index (χ4n) is 2.60. The van der Waals surface area contributed by atoms with Crippen LogP contribution in [0, 0.1) is 17.3 Å². The van der Waals surface area contributed by atoms with E-state index in [0.29, 0.717) is 5.56 Å². The summed E-state index contributed by atoms with van der Waals surface area (Å²) in [5, 5.41) is 11.7. The molecule has 0 saturated heterocycles. The van der Waals surface area contributed by atoms with Crippen molar-refractivity contribution < 1.29 is 9.90 Å². The van der Waals surface area contributed by atoms with Gasteiger partial charge in [-0.15, -0.1) is 0 Å². The van der Waals surface area contributed by atoms with Crippen LogP contribution in [0.15, 0.2) is 24.3 Å². The molecule has 1 amide bonds. The minimum Gasteiger partial charge on any atom is -0.384 e. The van der Waals surface area contributed by atoms with E-state index in [0.717, 1.165) is 12.0 Å². The van der Waals surface area contributed by atoms with E-state index >= 15 is 0 Å². The summed E-state index contributed by atoms with van der Waals surface area (Å²) in [6.45, 7) is 10.4. The van der Waals surface area contributed by atoms with E-state index in [1.165, 1.54) is 0 Å². The third-order valence-corrected chi connectivity index (χ3v) is 2.88. The second kappa shape index (κ2) is 6.78. The van der Waals surface area contributed by atoms with Gasteiger partial charge in [-0.25, -0.2) is 0 Å². The molecule has 3 heteroatoms. The Morgan fingerprint density at radius 3 is 2.19 bits per heavy atom. The van der Waals surface area contributed by atoms with Crippen molar-refractivity contribution in [3.05, 3.63) is 35.4 Å². The molecule has 0 bridgehead atoms. The van der Waals surface area contributed by atoms with Gasteiger partial charge in [-0.1, -0.05) is 32.6 Å². The highest BCUT2D eigenvalue weighted by Crippen LogP contribution is 2.27. The fourth-order valence-corrected chi connectivity index (χ4v) is 2.60. The zero-order chi connectivity index (χ0) is 16.1. The first kappa shape index (κ1) is 17.3. The lowest BCUT2D eigenvalue weighted by Gasteiger charge is -2.33. The molecule has 0 aliphatic carbocycles. The number of benzene rings is 1. The third kappa shape index (κ3) is 6.46. The average Bonchev–Trinajstić information content (AvgIpc) is 2.33. The van der Waals surface area contributed by atoms with Crippen LogP contribution >= 0.6 is 0 Å². The molecule has 0 fully saturated rings. The number of rotatable bonds is 3. The van der Waals surface area contributed by atoms with Crippen LogP contribution < -0.4 is 5.32 Å². The Balaban J connectivity index is 2.76. The number of carbonyl (C=O) groups excluding carboxylic acids is 1. The molecule has 2 N–H and O–H groups in total. The first-order valence-electron chi connectivity index (χ1n) is 7.15. The molecule has 0 saturated carbocycles. The lowest BCUT2D eigenvalue weighted by molar-refractivity contribution is 0.0891. The van der Waals surface area contributed by atoms with Crippen molar-refractivity contribution in [2.75, 3.05) is 6.61 Å². The van der Waals surface area contributed by atoms with Crippen LogP contribution in [0.3, 0.4) is 0 Å². The Hall–Kier alpha value is -1.79. The minimum atomic E-state index is -0.259. The van der Waals surface area contributed by atoms with Gasteiger partial charge >= 0.3 is 0 Å². The van der Waals surface area contributed by atoms with E-state index in [-0.39, 0.29) is 23.5 Å². The summed E-state index contributed by atoms with van der Waals surface area (Å²) in [5.74, 6) is 5.31. The summed E-state index contributed by atoms with van der Waals surface area (Å²) in [6, 6.07) is 7.08. The van der Waals surface area contributed by atoms with E-state index in [1.54, 1.807) is 24.3 Å². The van der Waals surface area contributed by atoms with E-state index in [1.807, 2.05) is 13.8 Å². The number of aliphatic hydroxyl groups is 1. The van der Waals surface area contributed by atoms with Crippen molar-refractivity contribution in [3.63, 3.8) is 0 Å².